The smallest absolute Gasteiger partial charge is 0.412 e. The number of anilines is 2. The van der Waals surface area contributed by atoms with Crippen LogP contribution in [0.4, 0.5) is 15.6 Å². The summed E-state index contributed by atoms with van der Waals surface area (Å²) in [7, 11) is 2.11. The number of Topliss-reactive ketones (excluding diaryl/α,β-unsaturated/α-hetero) is 1. The van der Waals surface area contributed by atoms with Crippen molar-refractivity contribution in [1.29, 1.82) is 0 Å². The average molecular weight is 499 g/mol. The number of ether oxygens (including phenoxy) is 1. The minimum Gasteiger partial charge on any atom is -0.444 e. The number of likely N-dealkylation sites (N-methyl/N-ethyl adjacent to an activating group) is 1. The van der Waals surface area contributed by atoms with Crippen molar-refractivity contribution in [3.05, 3.63) is 52.3 Å². The van der Waals surface area contributed by atoms with E-state index < -0.39 is 11.7 Å². The highest BCUT2D eigenvalue weighted by molar-refractivity contribution is 7.17. The first-order chi connectivity index (χ1) is 16.2. The molecular weight excluding hydrogens is 468 g/mol. The summed E-state index contributed by atoms with van der Waals surface area (Å²) >= 11 is 3.07. The third kappa shape index (κ3) is 6.22. The summed E-state index contributed by atoms with van der Waals surface area (Å²) in [5.74, 6) is -0.0200. The molecule has 1 amide bonds. The minimum atomic E-state index is -0.612. The van der Waals surface area contributed by atoms with Gasteiger partial charge in [-0.25, -0.2) is 9.78 Å². The van der Waals surface area contributed by atoms with E-state index in [9.17, 15) is 9.59 Å². The largest absolute Gasteiger partial charge is 0.444 e. The molecule has 3 heterocycles. The highest BCUT2D eigenvalue weighted by Gasteiger charge is 2.21. The summed E-state index contributed by atoms with van der Waals surface area (Å²) in [6, 6.07) is 9.79. The standard InChI is InChI=1S/C25H30N4O3S2/c1-25(2,3)32-24(31)27-19-8-7-17(21-6-5-13-33-21)14-18(19)15-20(30)22-16-26-23(34-22)29-11-9-28(4)10-12-29/h5-8,13-14,16H,9-12,15H2,1-4H3,(H,27,31). The molecule has 9 heteroatoms. The van der Waals surface area contributed by atoms with Crippen LogP contribution in [0.5, 0.6) is 0 Å². The zero-order chi connectivity index (χ0) is 24.3. The zero-order valence-electron chi connectivity index (χ0n) is 20.0. The van der Waals surface area contributed by atoms with Gasteiger partial charge in [-0.1, -0.05) is 23.5 Å². The van der Waals surface area contributed by atoms with Gasteiger partial charge in [-0.15, -0.1) is 11.3 Å². The van der Waals surface area contributed by atoms with Crippen molar-refractivity contribution in [1.82, 2.24) is 9.88 Å². The second-order valence-corrected chi connectivity index (χ2v) is 11.3. The van der Waals surface area contributed by atoms with Crippen molar-refractivity contribution in [2.45, 2.75) is 32.8 Å². The molecule has 34 heavy (non-hydrogen) atoms. The Kier molecular flexibility index (Phi) is 7.35. The fourth-order valence-corrected chi connectivity index (χ4v) is 5.30. The second-order valence-electron chi connectivity index (χ2n) is 9.37. The molecule has 180 valence electrons. The van der Waals surface area contributed by atoms with E-state index in [1.165, 1.54) is 11.3 Å². The molecule has 0 bridgehead atoms. The number of piperazine rings is 1. The van der Waals surface area contributed by atoms with Gasteiger partial charge in [0.05, 0.1) is 11.1 Å². The molecule has 1 aromatic carbocycles. The number of nitrogens with zero attached hydrogens (tertiary/aromatic N) is 3. The summed E-state index contributed by atoms with van der Waals surface area (Å²) < 4.78 is 5.42. The van der Waals surface area contributed by atoms with E-state index in [1.807, 2.05) is 56.5 Å². The van der Waals surface area contributed by atoms with Gasteiger partial charge in [0.2, 0.25) is 0 Å². The summed E-state index contributed by atoms with van der Waals surface area (Å²) in [5.41, 5.74) is 1.72. The lowest BCUT2D eigenvalue weighted by atomic mass is 10.0. The number of rotatable bonds is 6. The van der Waals surface area contributed by atoms with Gasteiger partial charge >= 0.3 is 6.09 Å². The number of carbonyl (C=O) groups excluding carboxylic acids is 2. The SMILES string of the molecule is CN1CCN(c2ncc(C(=O)Cc3cc(-c4cccs4)ccc3NC(=O)OC(C)(C)C)s2)CC1. The predicted molar refractivity (Wildman–Crippen MR) is 139 cm³/mol. The van der Waals surface area contributed by atoms with E-state index in [-0.39, 0.29) is 12.2 Å². The van der Waals surface area contributed by atoms with E-state index in [0.29, 0.717) is 10.6 Å². The number of aromatic nitrogens is 1. The molecule has 1 N–H and O–H groups in total. The van der Waals surface area contributed by atoms with Crippen molar-refractivity contribution in [3.63, 3.8) is 0 Å². The normalized spacial score (nSPS) is 14.8. The van der Waals surface area contributed by atoms with Crippen molar-refractivity contribution in [2.24, 2.45) is 0 Å². The van der Waals surface area contributed by atoms with E-state index in [1.54, 1.807) is 17.5 Å². The molecule has 0 spiro atoms. The molecule has 0 radical (unpaired) electrons. The van der Waals surface area contributed by atoms with Crippen LogP contribution < -0.4 is 10.2 Å². The Bertz CT molecular complexity index is 1140. The average Bonchev–Trinajstić information content (AvgIpc) is 3.47. The molecule has 7 nitrogen and oxygen atoms in total. The van der Waals surface area contributed by atoms with Gasteiger partial charge in [-0.3, -0.25) is 10.1 Å². The van der Waals surface area contributed by atoms with Gasteiger partial charge < -0.3 is 14.5 Å². The maximum atomic E-state index is 13.2. The van der Waals surface area contributed by atoms with Crippen molar-refractivity contribution in [3.8, 4) is 10.4 Å². The molecule has 1 fully saturated rings. The summed E-state index contributed by atoms with van der Waals surface area (Å²) in [6.07, 6.45) is 1.29. The van der Waals surface area contributed by atoms with E-state index >= 15 is 0 Å². The van der Waals surface area contributed by atoms with Gasteiger partial charge in [-0.05, 0) is 62.5 Å². The highest BCUT2D eigenvalue weighted by Crippen LogP contribution is 2.31. The maximum Gasteiger partial charge on any atom is 0.412 e. The van der Waals surface area contributed by atoms with Crippen LogP contribution in [0.3, 0.4) is 0 Å². The lowest BCUT2D eigenvalue weighted by Crippen LogP contribution is -2.44. The fraction of sp³-hybridized carbons (Fsp3) is 0.400. The summed E-state index contributed by atoms with van der Waals surface area (Å²) in [6.45, 7) is 9.24. The van der Waals surface area contributed by atoms with Crippen molar-refractivity contribution >= 4 is 45.4 Å². The Morgan fingerprint density at radius 3 is 2.59 bits per heavy atom. The fourth-order valence-electron chi connectivity index (χ4n) is 3.67. The molecule has 1 aliphatic rings. The number of carbonyl (C=O) groups is 2. The summed E-state index contributed by atoms with van der Waals surface area (Å²) in [5, 5.41) is 5.73. The predicted octanol–water partition coefficient (Wildman–Crippen LogP) is 5.40. The molecule has 0 saturated carbocycles. The molecular formula is C25H30N4O3S2. The van der Waals surface area contributed by atoms with Crippen LogP contribution in [0, 0.1) is 0 Å². The molecule has 0 atom stereocenters. The molecule has 3 aromatic rings. The topological polar surface area (TPSA) is 74.8 Å². The molecule has 0 aliphatic carbocycles. The first-order valence-corrected chi connectivity index (χ1v) is 13.0. The van der Waals surface area contributed by atoms with Crippen molar-refractivity contribution < 1.29 is 14.3 Å². The van der Waals surface area contributed by atoms with Gasteiger partial charge in [0.25, 0.3) is 0 Å². The Morgan fingerprint density at radius 1 is 1.15 bits per heavy atom. The van der Waals surface area contributed by atoms with E-state index in [2.05, 4.69) is 27.1 Å². The van der Waals surface area contributed by atoms with E-state index in [4.69, 9.17) is 4.74 Å². The first-order valence-electron chi connectivity index (χ1n) is 11.3. The monoisotopic (exact) mass is 498 g/mol. The number of amides is 1. The van der Waals surface area contributed by atoms with Crippen LogP contribution in [0.2, 0.25) is 0 Å². The number of nitrogens with one attached hydrogen (secondary N) is 1. The highest BCUT2D eigenvalue weighted by atomic mass is 32.1. The van der Waals surface area contributed by atoms with Gasteiger partial charge in [0.1, 0.15) is 5.60 Å². The van der Waals surface area contributed by atoms with Crippen LogP contribution in [-0.2, 0) is 11.2 Å². The first kappa shape index (κ1) is 24.4. The molecule has 2 aromatic heterocycles. The Morgan fingerprint density at radius 2 is 1.91 bits per heavy atom. The lowest BCUT2D eigenvalue weighted by molar-refractivity contribution is 0.0635. The zero-order valence-corrected chi connectivity index (χ0v) is 21.6. The number of hydrogen-bond donors (Lipinski definition) is 1. The third-order valence-electron chi connectivity index (χ3n) is 5.44. The Hall–Kier alpha value is -2.75. The Balaban J connectivity index is 1.54. The second kappa shape index (κ2) is 10.2. The van der Waals surface area contributed by atoms with Crippen LogP contribution in [0.1, 0.15) is 36.0 Å². The molecule has 1 aliphatic heterocycles. The lowest BCUT2D eigenvalue weighted by Gasteiger charge is -2.32. The number of thiophene rings is 1. The van der Waals surface area contributed by atoms with Crippen LogP contribution in [0.25, 0.3) is 10.4 Å². The van der Waals surface area contributed by atoms with Gasteiger partial charge in [0.15, 0.2) is 10.9 Å². The van der Waals surface area contributed by atoms with E-state index in [0.717, 1.165) is 47.3 Å². The number of benzene rings is 1. The Labute approximate surface area is 208 Å². The third-order valence-corrected chi connectivity index (χ3v) is 7.46. The maximum absolute atomic E-state index is 13.2. The number of thiazole rings is 1. The van der Waals surface area contributed by atoms with Crippen LogP contribution >= 0.6 is 22.7 Å². The minimum absolute atomic E-state index is 0.0200. The summed E-state index contributed by atoms with van der Waals surface area (Å²) in [4.78, 5) is 36.4. The van der Waals surface area contributed by atoms with Crippen LogP contribution in [0.15, 0.2) is 41.9 Å². The number of hydrogen-bond acceptors (Lipinski definition) is 8. The van der Waals surface area contributed by atoms with Gasteiger partial charge in [-0.2, -0.15) is 0 Å². The molecule has 4 rings (SSSR count). The van der Waals surface area contributed by atoms with Gasteiger partial charge in [0, 0.05) is 43.2 Å². The quantitative estimate of drug-likeness (QED) is 0.459. The molecule has 0 unspecified atom stereocenters. The number of ketones is 1. The molecule has 1 saturated heterocycles. The van der Waals surface area contributed by atoms with Crippen LogP contribution in [-0.4, -0.2) is 60.6 Å². The van der Waals surface area contributed by atoms with Crippen molar-refractivity contribution in [2.75, 3.05) is 43.4 Å².